The lowest BCUT2D eigenvalue weighted by atomic mass is 10.1. The average molecular weight is 222 g/mol. The van der Waals surface area contributed by atoms with Crippen molar-refractivity contribution in [2.75, 3.05) is 5.73 Å². The highest BCUT2D eigenvalue weighted by Crippen LogP contribution is 2.17. The molecule has 0 spiro atoms. The molecule has 1 aromatic carbocycles. The Morgan fingerprint density at radius 3 is 2.33 bits per heavy atom. The monoisotopic (exact) mass is 221 g/mol. The minimum absolute atomic E-state index is 0.203. The summed E-state index contributed by atoms with van der Waals surface area (Å²) < 4.78 is 5.01. The molecule has 2 aromatic rings. The van der Waals surface area contributed by atoms with Crippen molar-refractivity contribution in [3.8, 4) is 0 Å². The molecule has 0 radical (unpaired) electrons. The third kappa shape index (κ3) is 2.02. The molecule has 0 saturated carbocycles. The Bertz CT molecular complexity index is 488. The van der Waals surface area contributed by atoms with Gasteiger partial charge < -0.3 is 10.2 Å². The molecule has 3 nitrogen and oxygen atoms in total. The second-order valence-corrected chi connectivity index (χ2v) is 3.43. The second kappa shape index (κ2) is 3.79. The van der Waals surface area contributed by atoms with Gasteiger partial charge in [-0.25, -0.2) is 0 Å². The van der Waals surface area contributed by atoms with Crippen molar-refractivity contribution < 1.29 is 9.21 Å². The standard InChI is InChI=1S/C11H8ClNO2/c12-10-6-5-9(15-10)11(14)7-1-3-8(13)4-2-7/h1-6H,13H2. The first-order chi connectivity index (χ1) is 7.16. The van der Waals surface area contributed by atoms with E-state index in [0.29, 0.717) is 11.3 Å². The minimum atomic E-state index is -0.207. The van der Waals surface area contributed by atoms with Crippen molar-refractivity contribution in [1.82, 2.24) is 0 Å². The van der Waals surface area contributed by atoms with E-state index in [0.717, 1.165) is 0 Å². The second-order valence-electron chi connectivity index (χ2n) is 3.05. The number of benzene rings is 1. The van der Waals surface area contributed by atoms with Gasteiger partial charge in [-0.2, -0.15) is 0 Å². The molecule has 4 heteroatoms. The van der Waals surface area contributed by atoms with Crippen LogP contribution in [0.25, 0.3) is 0 Å². The zero-order chi connectivity index (χ0) is 10.8. The Labute approximate surface area is 91.5 Å². The fourth-order valence-electron chi connectivity index (χ4n) is 1.21. The van der Waals surface area contributed by atoms with Crippen molar-refractivity contribution in [2.45, 2.75) is 0 Å². The summed E-state index contributed by atoms with van der Waals surface area (Å²) in [7, 11) is 0. The van der Waals surface area contributed by atoms with E-state index < -0.39 is 0 Å². The minimum Gasteiger partial charge on any atom is -0.441 e. The Morgan fingerprint density at radius 2 is 1.80 bits per heavy atom. The molecule has 0 unspecified atom stereocenters. The summed E-state index contributed by atoms with van der Waals surface area (Å²) in [5.74, 6) is 0.0201. The SMILES string of the molecule is Nc1ccc(C(=O)c2ccc(Cl)o2)cc1. The Kier molecular flexibility index (Phi) is 2.47. The maximum atomic E-state index is 11.8. The van der Waals surface area contributed by atoms with Crippen molar-refractivity contribution in [3.05, 3.63) is 52.9 Å². The first kappa shape index (κ1) is 9.80. The molecule has 0 saturated heterocycles. The summed E-state index contributed by atoms with van der Waals surface area (Å²) in [4.78, 5) is 11.8. The number of hydrogen-bond acceptors (Lipinski definition) is 3. The summed E-state index contributed by atoms with van der Waals surface area (Å²) in [6.07, 6.45) is 0. The molecule has 1 heterocycles. The van der Waals surface area contributed by atoms with Crippen LogP contribution in [0.15, 0.2) is 40.8 Å². The molecule has 0 aliphatic carbocycles. The highest BCUT2D eigenvalue weighted by atomic mass is 35.5. The van der Waals surface area contributed by atoms with Gasteiger partial charge >= 0.3 is 0 Å². The summed E-state index contributed by atoms with van der Waals surface area (Å²) in [5.41, 5.74) is 6.65. The molecule has 0 aliphatic heterocycles. The fourth-order valence-corrected chi connectivity index (χ4v) is 1.36. The van der Waals surface area contributed by atoms with Gasteiger partial charge in [-0.1, -0.05) is 0 Å². The van der Waals surface area contributed by atoms with E-state index in [1.54, 1.807) is 30.3 Å². The maximum absolute atomic E-state index is 11.8. The van der Waals surface area contributed by atoms with Crippen LogP contribution in [0.1, 0.15) is 16.1 Å². The molecular formula is C11H8ClNO2. The van der Waals surface area contributed by atoms with Crippen LogP contribution in [-0.4, -0.2) is 5.78 Å². The third-order valence-electron chi connectivity index (χ3n) is 1.97. The van der Waals surface area contributed by atoms with Crippen LogP contribution in [-0.2, 0) is 0 Å². The fraction of sp³-hybridized carbons (Fsp3) is 0. The number of rotatable bonds is 2. The highest BCUT2D eigenvalue weighted by molar-refractivity contribution is 6.29. The van der Waals surface area contributed by atoms with E-state index in [2.05, 4.69) is 0 Å². The number of furan rings is 1. The van der Waals surface area contributed by atoms with Crippen molar-refractivity contribution >= 4 is 23.1 Å². The molecular weight excluding hydrogens is 214 g/mol. The van der Waals surface area contributed by atoms with Gasteiger partial charge in [-0.3, -0.25) is 4.79 Å². The quantitative estimate of drug-likeness (QED) is 0.627. The van der Waals surface area contributed by atoms with Crippen LogP contribution in [0, 0.1) is 0 Å². The van der Waals surface area contributed by atoms with Crippen molar-refractivity contribution in [3.63, 3.8) is 0 Å². The summed E-state index contributed by atoms with van der Waals surface area (Å²) in [6.45, 7) is 0. The maximum Gasteiger partial charge on any atom is 0.228 e. The largest absolute Gasteiger partial charge is 0.441 e. The van der Waals surface area contributed by atoms with E-state index >= 15 is 0 Å². The topological polar surface area (TPSA) is 56.2 Å². The van der Waals surface area contributed by atoms with Gasteiger partial charge in [0, 0.05) is 11.3 Å². The first-order valence-corrected chi connectivity index (χ1v) is 4.70. The van der Waals surface area contributed by atoms with E-state index in [1.165, 1.54) is 6.07 Å². The van der Waals surface area contributed by atoms with E-state index in [1.807, 2.05) is 0 Å². The molecule has 15 heavy (non-hydrogen) atoms. The Hall–Kier alpha value is -1.74. The molecule has 76 valence electrons. The predicted octanol–water partition coefficient (Wildman–Crippen LogP) is 2.75. The number of carbonyl (C=O) groups excluding carboxylic acids is 1. The molecule has 0 atom stereocenters. The highest BCUT2D eigenvalue weighted by Gasteiger charge is 2.12. The number of nitrogens with two attached hydrogens (primary N) is 1. The molecule has 0 fully saturated rings. The van der Waals surface area contributed by atoms with Gasteiger partial charge in [0.2, 0.25) is 5.78 Å². The Balaban J connectivity index is 2.32. The lowest BCUT2D eigenvalue weighted by molar-refractivity contribution is 0.101. The van der Waals surface area contributed by atoms with Crippen molar-refractivity contribution in [2.24, 2.45) is 0 Å². The number of hydrogen-bond donors (Lipinski definition) is 1. The van der Waals surface area contributed by atoms with Gasteiger partial charge in [0.05, 0.1) is 0 Å². The third-order valence-corrected chi connectivity index (χ3v) is 2.17. The van der Waals surface area contributed by atoms with Gasteiger partial charge in [-0.05, 0) is 48.0 Å². The summed E-state index contributed by atoms with van der Waals surface area (Å²) >= 11 is 5.58. The smallest absolute Gasteiger partial charge is 0.228 e. The molecule has 0 aliphatic rings. The van der Waals surface area contributed by atoms with Crippen LogP contribution < -0.4 is 5.73 Å². The molecule has 2 rings (SSSR count). The zero-order valence-corrected chi connectivity index (χ0v) is 8.49. The average Bonchev–Trinajstić information content (AvgIpc) is 2.65. The summed E-state index contributed by atoms with van der Waals surface area (Å²) in [5, 5.41) is 0.203. The van der Waals surface area contributed by atoms with E-state index in [9.17, 15) is 4.79 Å². The number of ketones is 1. The predicted molar refractivity (Wildman–Crippen MR) is 58.0 cm³/mol. The number of halogens is 1. The van der Waals surface area contributed by atoms with E-state index in [4.69, 9.17) is 21.8 Å². The number of nitrogen functional groups attached to an aromatic ring is 1. The summed E-state index contributed by atoms with van der Waals surface area (Å²) in [6, 6.07) is 9.70. The van der Waals surface area contributed by atoms with Gasteiger partial charge in [-0.15, -0.1) is 0 Å². The van der Waals surface area contributed by atoms with Gasteiger partial charge in [0.1, 0.15) is 0 Å². The lowest BCUT2D eigenvalue weighted by Crippen LogP contribution is -1.99. The van der Waals surface area contributed by atoms with Crippen LogP contribution in [0.3, 0.4) is 0 Å². The van der Waals surface area contributed by atoms with Gasteiger partial charge in [0.25, 0.3) is 0 Å². The molecule has 2 N–H and O–H groups in total. The van der Waals surface area contributed by atoms with Crippen molar-refractivity contribution in [1.29, 1.82) is 0 Å². The number of carbonyl (C=O) groups is 1. The molecule has 0 bridgehead atoms. The first-order valence-electron chi connectivity index (χ1n) is 4.32. The normalized spacial score (nSPS) is 10.2. The van der Waals surface area contributed by atoms with Crippen LogP contribution in [0.2, 0.25) is 5.22 Å². The van der Waals surface area contributed by atoms with Crippen LogP contribution >= 0.6 is 11.6 Å². The number of anilines is 1. The van der Waals surface area contributed by atoms with Gasteiger partial charge in [0.15, 0.2) is 11.0 Å². The lowest BCUT2D eigenvalue weighted by Gasteiger charge is -1.97. The van der Waals surface area contributed by atoms with Crippen LogP contribution in [0.5, 0.6) is 0 Å². The Morgan fingerprint density at radius 1 is 1.13 bits per heavy atom. The zero-order valence-electron chi connectivity index (χ0n) is 7.74. The van der Waals surface area contributed by atoms with Crippen LogP contribution in [0.4, 0.5) is 5.69 Å². The molecule has 1 aromatic heterocycles. The van der Waals surface area contributed by atoms with E-state index in [-0.39, 0.29) is 16.8 Å². The molecule has 0 amide bonds.